The van der Waals surface area contributed by atoms with Crippen molar-refractivity contribution in [3.63, 3.8) is 0 Å². The van der Waals surface area contributed by atoms with E-state index in [2.05, 4.69) is 46.5 Å². The largest absolute Gasteiger partial charge is 0.490 e. The molecule has 1 aromatic carbocycles. The number of nitrogens with zero attached hydrogens (tertiary/aromatic N) is 4. The van der Waals surface area contributed by atoms with Crippen molar-refractivity contribution in [3.05, 3.63) is 51.9 Å². The summed E-state index contributed by atoms with van der Waals surface area (Å²) in [7, 11) is 0. The minimum absolute atomic E-state index is 0.142. The molecule has 0 fully saturated rings. The molecule has 7 nitrogen and oxygen atoms in total. The van der Waals surface area contributed by atoms with Crippen LogP contribution in [0, 0.1) is 23.6 Å². The number of carbonyl (C=O) groups excluding carboxylic acids is 1. The summed E-state index contributed by atoms with van der Waals surface area (Å²) in [5.74, 6) is -0.436. The second-order valence-corrected chi connectivity index (χ2v) is 13.1. The fourth-order valence-electron chi connectivity index (χ4n) is 4.72. The van der Waals surface area contributed by atoms with Gasteiger partial charge in [-0.3, -0.25) is 9.20 Å². The van der Waals surface area contributed by atoms with E-state index in [9.17, 15) is 4.79 Å². The third kappa shape index (κ3) is 6.40. The topological polar surface area (TPSA) is 85.8 Å². The van der Waals surface area contributed by atoms with Crippen LogP contribution in [0.25, 0.3) is 5.52 Å². The fourth-order valence-corrected chi connectivity index (χ4v) is 4.93. The van der Waals surface area contributed by atoms with Crippen LogP contribution >= 0.6 is 11.6 Å². The lowest BCUT2D eigenvalue weighted by Gasteiger charge is -2.35. The van der Waals surface area contributed by atoms with E-state index in [4.69, 9.17) is 27.1 Å². The molecule has 0 aliphatic rings. The summed E-state index contributed by atoms with van der Waals surface area (Å²) in [6.45, 7) is 20.7. The number of imidazole rings is 1. The molecule has 9 heteroatoms. The van der Waals surface area contributed by atoms with Crippen LogP contribution in [0.15, 0.2) is 18.5 Å². The maximum atomic E-state index is 15.8. The molecule has 0 spiro atoms. The molecular formula is C29H41ClFN5O2. The zero-order chi connectivity index (χ0) is 28.7. The Morgan fingerprint density at radius 1 is 1.16 bits per heavy atom. The van der Waals surface area contributed by atoms with E-state index < -0.39 is 17.6 Å². The Morgan fingerprint density at radius 2 is 1.74 bits per heavy atom. The lowest BCUT2D eigenvalue weighted by atomic mass is 9.90. The molecule has 3 aromatic rings. The molecule has 1 amide bonds. The first-order chi connectivity index (χ1) is 17.4. The van der Waals surface area contributed by atoms with E-state index in [1.54, 1.807) is 17.3 Å². The Bertz CT molecular complexity index is 1320. The van der Waals surface area contributed by atoms with Gasteiger partial charge >= 0.3 is 0 Å². The number of aryl methyl sites for hydroxylation is 1. The van der Waals surface area contributed by atoms with Gasteiger partial charge in [-0.05, 0) is 37.7 Å². The Hall–Kier alpha value is -2.87. The number of nitrogen functional groups attached to an aromatic ring is 1. The van der Waals surface area contributed by atoms with Gasteiger partial charge in [-0.1, -0.05) is 60.1 Å². The molecule has 1 atom stereocenters. The minimum atomic E-state index is -0.784. The average Bonchev–Trinajstić information content (AvgIpc) is 3.10. The number of nitrogens with two attached hydrogens (primary N) is 1. The molecule has 2 aromatic heterocycles. The van der Waals surface area contributed by atoms with Gasteiger partial charge in [0.15, 0.2) is 5.82 Å². The van der Waals surface area contributed by atoms with Gasteiger partial charge in [0, 0.05) is 37.0 Å². The van der Waals surface area contributed by atoms with Crippen LogP contribution in [0.5, 0.6) is 5.75 Å². The number of halogens is 2. The predicted molar refractivity (Wildman–Crippen MR) is 152 cm³/mol. The maximum absolute atomic E-state index is 15.8. The molecule has 0 saturated heterocycles. The predicted octanol–water partition coefficient (Wildman–Crippen LogP) is 6.89. The highest BCUT2D eigenvalue weighted by Gasteiger charge is 2.34. The quantitative estimate of drug-likeness (QED) is 0.349. The number of hydrogen-bond acceptors (Lipinski definition) is 5. The second kappa shape index (κ2) is 10.7. The van der Waals surface area contributed by atoms with Crippen molar-refractivity contribution in [1.82, 2.24) is 19.3 Å². The van der Waals surface area contributed by atoms with Gasteiger partial charge in [0.05, 0.1) is 16.8 Å². The zero-order valence-corrected chi connectivity index (χ0v) is 25.0. The van der Waals surface area contributed by atoms with Crippen molar-refractivity contribution >= 4 is 28.8 Å². The number of amides is 1. The number of aromatic nitrogens is 3. The highest BCUT2D eigenvalue weighted by atomic mass is 35.5. The third-order valence-electron chi connectivity index (χ3n) is 6.02. The van der Waals surface area contributed by atoms with E-state index in [-0.39, 0.29) is 33.3 Å². The van der Waals surface area contributed by atoms with Crippen molar-refractivity contribution in [3.8, 4) is 5.75 Å². The first-order valence-electron chi connectivity index (χ1n) is 13.0. The summed E-state index contributed by atoms with van der Waals surface area (Å²) < 4.78 is 23.9. The number of benzene rings is 1. The lowest BCUT2D eigenvalue weighted by Crippen LogP contribution is -2.43. The van der Waals surface area contributed by atoms with Crippen LogP contribution in [0.1, 0.15) is 95.7 Å². The van der Waals surface area contributed by atoms with Crippen molar-refractivity contribution in [1.29, 1.82) is 0 Å². The number of anilines is 1. The first-order valence-corrected chi connectivity index (χ1v) is 13.4. The van der Waals surface area contributed by atoms with Gasteiger partial charge < -0.3 is 15.4 Å². The Balaban J connectivity index is 2.27. The molecule has 0 radical (unpaired) electrons. The molecule has 2 heterocycles. The summed E-state index contributed by atoms with van der Waals surface area (Å²) in [6, 6.07) is 1.54. The monoisotopic (exact) mass is 545 g/mol. The summed E-state index contributed by atoms with van der Waals surface area (Å²) in [5.41, 5.74) is 7.56. The zero-order valence-electron chi connectivity index (χ0n) is 24.2. The first kappa shape index (κ1) is 29.7. The minimum Gasteiger partial charge on any atom is -0.490 e. The number of ether oxygens (including phenoxy) is 1. The smallest absolute Gasteiger partial charge is 0.260 e. The van der Waals surface area contributed by atoms with Gasteiger partial charge in [-0.2, -0.15) is 0 Å². The van der Waals surface area contributed by atoms with Crippen LogP contribution in [0.4, 0.5) is 10.2 Å². The van der Waals surface area contributed by atoms with Gasteiger partial charge in [0.1, 0.15) is 28.5 Å². The van der Waals surface area contributed by atoms with E-state index >= 15 is 4.39 Å². The van der Waals surface area contributed by atoms with Crippen molar-refractivity contribution in [2.45, 2.75) is 81.3 Å². The molecule has 0 aliphatic carbocycles. The Labute approximate surface area is 230 Å². The summed E-state index contributed by atoms with van der Waals surface area (Å²) in [5, 5.41) is -0.142. The average molecular weight is 546 g/mol. The van der Waals surface area contributed by atoms with Gasteiger partial charge in [-0.15, -0.1) is 0 Å². The van der Waals surface area contributed by atoms with Crippen molar-refractivity contribution < 1.29 is 13.9 Å². The maximum Gasteiger partial charge on any atom is 0.260 e. The third-order valence-corrected chi connectivity index (χ3v) is 6.30. The van der Waals surface area contributed by atoms with Gasteiger partial charge in [-0.25, -0.2) is 14.4 Å². The van der Waals surface area contributed by atoms with E-state index in [0.29, 0.717) is 35.8 Å². The van der Waals surface area contributed by atoms with Crippen LogP contribution in [-0.4, -0.2) is 44.4 Å². The van der Waals surface area contributed by atoms with Crippen LogP contribution in [0.2, 0.25) is 5.02 Å². The van der Waals surface area contributed by atoms with Crippen molar-refractivity contribution in [2.75, 3.05) is 18.8 Å². The molecule has 0 saturated carbocycles. The highest BCUT2D eigenvalue weighted by molar-refractivity contribution is 6.31. The SMILES string of the molecule is Cc1nc(C(C)c2cc(Cl)c(F)c(C(=O)N(CC(C)(C)C)CC(C)(C)C)c2OC(C)C)n2ccnc(N)c12. The number of hydrogen-bond donors (Lipinski definition) is 1. The summed E-state index contributed by atoms with van der Waals surface area (Å²) in [4.78, 5) is 24.8. The molecule has 0 bridgehead atoms. The van der Waals surface area contributed by atoms with E-state index in [1.165, 1.54) is 6.07 Å². The summed E-state index contributed by atoms with van der Waals surface area (Å²) in [6.07, 6.45) is 3.08. The van der Waals surface area contributed by atoms with E-state index in [1.807, 2.05) is 32.1 Å². The van der Waals surface area contributed by atoms with Gasteiger partial charge in [0.2, 0.25) is 0 Å². The van der Waals surface area contributed by atoms with Crippen molar-refractivity contribution in [2.24, 2.45) is 10.8 Å². The second-order valence-electron chi connectivity index (χ2n) is 12.7. The highest BCUT2D eigenvalue weighted by Crippen LogP contribution is 2.41. The molecule has 38 heavy (non-hydrogen) atoms. The number of rotatable bonds is 7. The van der Waals surface area contributed by atoms with Crippen LogP contribution in [0.3, 0.4) is 0 Å². The molecule has 3 rings (SSSR count). The van der Waals surface area contributed by atoms with Crippen LogP contribution < -0.4 is 10.5 Å². The Morgan fingerprint density at radius 3 is 2.26 bits per heavy atom. The molecule has 0 aliphatic heterocycles. The molecule has 2 N–H and O–H groups in total. The number of carbonyl (C=O) groups is 1. The fraction of sp³-hybridized carbons (Fsp3) is 0.552. The van der Waals surface area contributed by atoms with Crippen LogP contribution in [-0.2, 0) is 0 Å². The van der Waals surface area contributed by atoms with Gasteiger partial charge in [0.25, 0.3) is 5.91 Å². The Kier molecular flexibility index (Phi) is 8.37. The molecular weight excluding hydrogens is 505 g/mol. The summed E-state index contributed by atoms with van der Waals surface area (Å²) >= 11 is 6.46. The molecule has 208 valence electrons. The number of fused-ring (bicyclic) bond motifs is 1. The van der Waals surface area contributed by atoms with E-state index in [0.717, 1.165) is 5.69 Å². The molecule has 1 unspecified atom stereocenters. The lowest BCUT2D eigenvalue weighted by molar-refractivity contribution is 0.0610. The normalized spacial score (nSPS) is 13.3. The standard InChI is InChI=1S/C29H41ClFN5O2/c1-16(2)38-24-19(17(3)26-34-18(4)23-25(32)33-11-12-36(23)26)13-20(30)22(31)21(24)27(37)35(14-28(5,6)7)15-29(8,9)10/h11-13,16-17H,14-15H2,1-10H3,(H2,32,33).